The average Bonchev–Trinajstić information content (AvgIpc) is 3.44. The van der Waals surface area contributed by atoms with Crippen LogP contribution in [-0.4, -0.2) is 40.4 Å². The van der Waals surface area contributed by atoms with Crippen LogP contribution in [0.4, 0.5) is 5.95 Å². The fourth-order valence-corrected chi connectivity index (χ4v) is 4.74. The summed E-state index contributed by atoms with van der Waals surface area (Å²) in [7, 11) is 0. The molecule has 164 valence electrons. The third-order valence-electron chi connectivity index (χ3n) is 5.48. The molecule has 1 unspecified atom stereocenters. The Hall–Kier alpha value is -2.74. The van der Waals surface area contributed by atoms with Crippen LogP contribution in [0.3, 0.4) is 0 Å². The molecule has 0 amide bonds. The molecule has 3 heterocycles. The molecule has 0 radical (unpaired) electrons. The van der Waals surface area contributed by atoms with Gasteiger partial charge in [-0.05, 0) is 43.4 Å². The van der Waals surface area contributed by atoms with E-state index in [1.807, 2.05) is 49.4 Å². The Morgan fingerprint density at radius 2 is 1.97 bits per heavy atom. The predicted molar refractivity (Wildman–Crippen MR) is 120 cm³/mol. The Balaban J connectivity index is 1.66. The van der Waals surface area contributed by atoms with Crippen LogP contribution in [0.1, 0.15) is 43.3 Å². The van der Waals surface area contributed by atoms with Crippen molar-refractivity contribution in [3.63, 3.8) is 0 Å². The lowest BCUT2D eigenvalue weighted by Gasteiger charge is -2.31. The summed E-state index contributed by atoms with van der Waals surface area (Å²) in [6, 6.07) is 13.5. The number of furan rings is 1. The number of rotatable bonds is 8. The van der Waals surface area contributed by atoms with E-state index in [0.29, 0.717) is 18.3 Å². The number of ether oxygens (including phenoxy) is 1. The van der Waals surface area contributed by atoms with Crippen LogP contribution in [0, 0.1) is 5.92 Å². The summed E-state index contributed by atoms with van der Waals surface area (Å²) in [4.78, 5) is 15.1. The minimum Gasteiger partial charge on any atom is -0.467 e. The van der Waals surface area contributed by atoms with Gasteiger partial charge in [-0.25, -0.2) is 0 Å². The molecular formula is C23H28N4O3S. The van der Waals surface area contributed by atoms with Gasteiger partial charge in [0.2, 0.25) is 5.95 Å². The van der Waals surface area contributed by atoms with Crippen molar-refractivity contribution in [1.82, 2.24) is 14.8 Å². The van der Waals surface area contributed by atoms with Gasteiger partial charge in [-0.2, -0.15) is 0 Å². The van der Waals surface area contributed by atoms with Gasteiger partial charge in [0.25, 0.3) is 0 Å². The summed E-state index contributed by atoms with van der Waals surface area (Å²) in [6.45, 7) is 6.84. The molecule has 0 N–H and O–H groups in total. The SMILES string of the molecule is CCOC(=O)C(Sc1nnc(N2CCC(C)CC2)n1Cc1ccco1)c1ccccc1. The molecule has 8 heteroatoms. The quantitative estimate of drug-likeness (QED) is 0.376. The molecule has 0 saturated carbocycles. The Kier molecular flexibility index (Phi) is 6.96. The van der Waals surface area contributed by atoms with E-state index < -0.39 is 5.25 Å². The smallest absolute Gasteiger partial charge is 0.324 e. The van der Waals surface area contributed by atoms with E-state index in [-0.39, 0.29) is 5.97 Å². The van der Waals surface area contributed by atoms with Crippen LogP contribution >= 0.6 is 11.8 Å². The number of nitrogens with zero attached hydrogens (tertiary/aromatic N) is 4. The van der Waals surface area contributed by atoms with Crippen molar-refractivity contribution in [1.29, 1.82) is 0 Å². The van der Waals surface area contributed by atoms with Gasteiger partial charge in [-0.3, -0.25) is 9.36 Å². The largest absolute Gasteiger partial charge is 0.467 e. The number of anilines is 1. The molecule has 31 heavy (non-hydrogen) atoms. The Bertz CT molecular complexity index is 966. The van der Waals surface area contributed by atoms with Crippen molar-refractivity contribution in [3.8, 4) is 0 Å². The van der Waals surface area contributed by atoms with Crippen molar-refractivity contribution in [2.75, 3.05) is 24.6 Å². The van der Waals surface area contributed by atoms with Gasteiger partial charge in [0, 0.05) is 13.1 Å². The Morgan fingerprint density at radius 3 is 2.65 bits per heavy atom. The minimum atomic E-state index is -0.519. The van der Waals surface area contributed by atoms with Crippen LogP contribution < -0.4 is 4.90 Å². The molecule has 1 aliphatic heterocycles. The van der Waals surface area contributed by atoms with Gasteiger partial charge in [0.15, 0.2) is 5.16 Å². The fraction of sp³-hybridized carbons (Fsp3) is 0.435. The summed E-state index contributed by atoms with van der Waals surface area (Å²) < 4.78 is 13.0. The van der Waals surface area contributed by atoms with Gasteiger partial charge in [-0.1, -0.05) is 49.0 Å². The molecule has 0 spiro atoms. The maximum absolute atomic E-state index is 12.8. The van der Waals surface area contributed by atoms with Crippen molar-refractivity contribution < 1.29 is 13.9 Å². The van der Waals surface area contributed by atoms with Gasteiger partial charge < -0.3 is 14.1 Å². The summed E-state index contributed by atoms with van der Waals surface area (Å²) in [6.07, 6.45) is 3.93. The molecule has 4 rings (SSSR count). The summed E-state index contributed by atoms with van der Waals surface area (Å²) in [5.41, 5.74) is 0.881. The molecule has 0 aliphatic carbocycles. The average molecular weight is 441 g/mol. The molecule has 1 aliphatic rings. The molecule has 1 atom stereocenters. The predicted octanol–water partition coefficient (Wildman–Crippen LogP) is 4.55. The highest BCUT2D eigenvalue weighted by Gasteiger charge is 2.29. The first-order chi connectivity index (χ1) is 15.2. The highest BCUT2D eigenvalue weighted by atomic mass is 32.2. The van der Waals surface area contributed by atoms with Crippen molar-refractivity contribution in [3.05, 3.63) is 60.1 Å². The lowest BCUT2D eigenvalue weighted by atomic mass is 10.00. The molecule has 1 saturated heterocycles. The Morgan fingerprint density at radius 1 is 1.19 bits per heavy atom. The van der Waals surface area contributed by atoms with Gasteiger partial charge in [0.1, 0.15) is 11.0 Å². The van der Waals surface area contributed by atoms with E-state index in [2.05, 4.69) is 26.6 Å². The van der Waals surface area contributed by atoms with E-state index in [4.69, 9.17) is 9.15 Å². The Labute approximate surface area is 186 Å². The third kappa shape index (κ3) is 5.12. The lowest BCUT2D eigenvalue weighted by Crippen LogP contribution is -2.35. The van der Waals surface area contributed by atoms with Crippen LogP contribution in [0.2, 0.25) is 0 Å². The van der Waals surface area contributed by atoms with Crippen LogP contribution in [0.25, 0.3) is 0 Å². The molecule has 3 aromatic rings. The maximum Gasteiger partial charge on any atom is 0.324 e. The number of carbonyl (C=O) groups excluding carboxylic acids is 1. The molecular weight excluding hydrogens is 412 g/mol. The van der Waals surface area contributed by atoms with E-state index in [9.17, 15) is 4.79 Å². The number of carbonyl (C=O) groups is 1. The number of benzene rings is 1. The fourth-order valence-electron chi connectivity index (χ4n) is 3.71. The zero-order chi connectivity index (χ0) is 21.6. The molecule has 1 fully saturated rings. The number of hydrogen-bond acceptors (Lipinski definition) is 7. The summed E-state index contributed by atoms with van der Waals surface area (Å²) in [5, 5.41) is 9.16. The first-order valence-corrected chi connectivity index (χ1v) is 11.6. The standard InChI is InChI=1S/C23H28N4O3S/c1-3-29-21(28)20(18-8-5-4-6-9-18)31-23-25-24-22(26-13-11-17(2)12-14-26)27(23)16-19-10-7-15-30-19/h4-10,15,17,20H,3,11-14,16H2,1-2H3. The number of esters is 1. The number of thioether (sulfide) groups is 1. The lowest BCUT2D eigenvalue weighted by molar-refractivity contribution is -0.142. The highest BCUT2D eigenvalue weighted by molar-refractivity contribution is 8.00. The van der Waals surface area contributed by atoms with E-state index >= 15 is 0 Å². The summed E-state index contributed by atoms with van der Waals surface area (Å²) >= 11 is 1.37. The first kappa shape index (κ1) is 21.5. The number of piperidine rings is 1. The second kappa shape index (κ2) is 10.0. The minimum absolute atomic E-state index is 0.278. The first-order valence-electron chi connectivity index (χ1n) is 10.7. The zero-order valence-corrected chi connectivity index (χ0v) is 18.8. The van der Waals surface area contributed by atoms with E-state index in [1.54, 1.807) is 6.26 Å². The molecule has 1 aromatic carbocycles. The second-order valence-electron chi connectivity index (χ2n) is 7.78. The van der Waals surface area contributed by atoms with Crippen LogP contribution in [-0.2, 0) is 16.1 Å². The maximum atomic E-state index is 12.8. The number of aromatic nitrogens is 3. The summed E-state index contributed by atoms with van der Waals surface area (Å²) in [5.74, 6) is 2.08. The van der Waals surface area contributed by atoms with Crippen molar-refractivity contribution in [2.24, 2.45) is 5.92 Å². The van der Waals surface area contributed by atoms with Crippen molar-refractivity contribution >= 4 is 23.7 Å². The zero-order valence-electron chi connectivity index (χ0n) is 17.9. The van der Waals surface area contributed by atoms with Crippen LogP contribution in [0.15, 0.2) is 58.3 Å². The highest BCUT2D eigenvalue weighted by Crippen LogP contribution is 2.37. The normalized spacial score (nSPS) is 15.7. The molecule has 7 nitrogen and oxygen atoms in total. The van der Waals surface area contributed by atoms with Gasteiger partial charge in [0.05, 0.1) is 19.4 Å². The van der Waals surface area contributed by atoms with Gasteiger partial charge in [-0.15, -0.1) is 10.2 Å². The van der Waals surface area contributed by atoms with E-state index in [0.717, 1.165) is 49.1 Å². The molecule has 0 bridgehead atoms. The number of hydrogen-bond donors (Lipinski definition) is 0. The topological polar surface area (TPSA) is 73.4 Å². The third-order valence-corrected chi connectivity index (χ3v) is 6.70. The van der Waals surface area contributed by atoms with E-state index in [1.165, 1.54) is 11.8 Å². The second-order valence-corrected chi connectivity index (χ2v) is 8.85. The monoisotopic (exact) mass is 440 g/mol. The van der Waals surface area contributed by atoms with Gasteiger partial charge >= 0.3 is 5.97 Å². The van der Waals surface area contributed by atoms with Crippen LogP contribution in [0.5, 0.6) is 0 Å². The van der Waals surface area contributed by atoms with Crippen molar-refractivity contribution in [2.45, 2.75) is 43.6 Å². The molecule has 2 aromatic heterocycles.